The molecule has 5 nitrogen and oxygen atoms in total. The minimum atomic E-state index is 0.0655. The van der Waals surface area contributed by atoms with Crippen molar-refractivity contribution < 1.29 is 14.3 Å². The summed E-state index contributed by atoms with van der Waals surface area (Å²) >= 11 is 0. The topological polar surface area (TPSA) is 64.8 Å². The molecule has 1 heterocycles. The second kappa shape index (κ2) is 8.77. The van der Waals surface area contributed by atoms with Gasteiger partial charge in [0, 0.05) is 18.7 Å². The number of ether oxygens (including phenoxy) is 2. The van der Waals surface area contributed by atoms with E-state index in [-0.39, 0.29) is 5.91 Å². The van der Waals surface area contributed by atoms with Crippen LogP contribution in [0, 0.1) is 5.92 Å². The predicted octanol–water partition coefficient (Wildman–Crippen LogP) is 2.69. The first kappa shape index (κ1) is 17.6. The summed E-state index contributed by atoms with van der Waals surface area (Å²) < 4.78 is 11.2. The van der Waals surface area contributed by atoms with Crippen molar-refractivity contribution in [1.29, 1.82) is 0 Å². The monoisotopic (exact) mass is 320 g/mol. The summed E-state index contributed by atoms with van der Waals surface area (Å²) in [5.74, 6) is 1.91. The summed E-state index contributed by atoms with van der Waals surface area (Å²) in [5.41, 5.74) is 6.31. The van der Waals surface area contributed by atoms with E-state index in [0.29, 0.717) is 42.7 Å². The van der Waals surface area contributed by atoms with Crippen LogP contribution in [0.4, 0.5) is 0 Å². The first-order valence-electron chi connectivity index (χ1n) is 8.58. The molecular formula is C18H28N2O3. The summed E-state index contributed by atoms with van der Waals surface area (Å²) in [6, 6.07) is 5.44. The molecule has 1 aliphatic heterocycles. The smallest absolute Gasteiger partial charge is 0.254 e. The molecule has 1 amide bonds. The Morgan fingerprint density at radius 2 is 2.00 bits per heavy atom. The van der Waals surface area contributed by atoms with Crippen molar-refractivity contribution in [2.75, 3.05) is 32.8 Å². The van der Waals surface area contributed by atoms with Crippen LogP contribution in [0.15, 0.2) is 18.2 Å². The molecule has 2 N–H and O–H groups in total. The van der Waals surface area contributed by atoms with E-state index in [1.807, 2.05) is 30.9 Å². The molecule has 1 aromatic rings. The molecule has 128 valence electrons. The first-order chi connectivity index (χ1) is 11.2. The van der Waals surface area contributed by atoms with Crippen LogP contribution in [0.3, 0.4) is 0 Å². The third-order valence-electron chi connectivity index (χ3n) is 4.17. The second-order valence-corrected chi connectivity index (χ2v) is 5.86. The van der Waals surface area contributed by atoms with E-state index in [9.17, 15) is 4.79 Å². The van der Waals surface area contributed by atoms with Gasteiger partial charge in [0.2, 0.25) is 0 Å². The highest BCUT2D eigenvalue weighted by molar-refractivity contribution is 5.95. The second-order valence-electron chi connectivity index (χ2n) is 5.86. The van der Waals surface area contributed by atoms with Gasteiger partial charge in [-0.25, -0.2) is 0 Å². The number of rotatable bonds is 7. The van der Waals surface area contributed by atoms with Crippen LogP contribution in [-0.2, 0) is 0 Å². The molecule has 5 heteroatoms. The van der Waals surface area contributed by atoms with Crippen LogP contribution in [-0.4, -0.2) is 43.7 Å². The van der Waals surface area contributed by atoms with Crippen molar-refractivity contribution >= 4 is 5.91 Å². The molecule has 23 heavy (non-hydrogen) atoms. The van der Waals surface area contributed by atoms with Gasteiger partial charge in [0.25, 0.3) is 5.91 Å². The molecule has 0 saturated carbocycles. The molecule has 0 aromatic heterocycles. The van der Waals surface area contributed by atoms with E-state index < -0.39 is 0 Å². The van der Waals surface area contributed by atoms with E-state index in [1.54, 1.807) is 6.07 Å². The van der Waals surface area contributed by atoms with Crippen molar-refractivity contribution in [3.05, 3.63) is 23.8 Å². The van der Waals surface area contributed by atoms with Crippen molar-refractivity contribution in [2.45, 2.75) is 33.1 Å². The van der Waals surface area contributed by atoms with Crippen molar-refractivity contribution in [3.63, 3.8) is 0 Å². The number of benzene rings is 1. The Labute approximate surface area is 138 Å². The van der Waals surface area contributed by atoms with Gasteiger partial charge in [0.05, 0.1) is 13.2 Å². The van der Waals surface area contributed by atoms with E-state index in [4.69, 9.17) is 15.2 Å². The number of carbonyl (C=O) groups excluding carboxylic acids is 1. The maximum atomic E-state index is 12.8. The molecule has 2 rings (SSSR count). The Bertz CT molecular complexity index is 517. The fourth-order valence-electron chi connectivity index (χ4n) is 3.09. The van der Waals surface area contributed by atoms with Gasteiger partial charge in [-0.15, -0.1) is 0 Å². The number of hydrogen-bond donors (Lipinski definition) is 1. The summed E-state index contributed by atoms with van der Waals surface area (Å²) in [6.07, 6.45) is 3.19. The summed E-state index contributed by atoms with van der Waals surface area (Å²) in [7, 11) is 0. The number of nitrogens with zero attached hydrogens (tertiary/aromatic N) is 1. The van der Waals surface area contributed by atoms with Gasteiger partial charge in [-0.1, -0.05) is 0 Å². The average Bonchev–Trinajstić information content (AvgIpc) is 2.57. The Kier molecular flexibility index (Phi) is 6.71. The fourth-order valence-corrected chi connectivity index (χ4v) is 3.09. The van der Waals surface area contributed by atoms with Crippen LogP contribution in [0.5, 0.6) is 11.5 Å². The van der Waals surface area contributed by atoms with Crippen LogP contribution < -0.4 is 15.2 Å². The average molecular weight is 320 g/mol. The zero-order chi connectivity index (χ0) is 16.7. The number of nitrogens with two attached hydrogens (primary N) is 1. The first-order valence-corrected chi connectivity index (χ1v) is 8.58. The zero-order valence-corrected chi connectivity index (χ0v) is 14.2. The van der Waals surface area contributed by atoms with Crippen LogP contribution in [0.25, 0.3) is 0 Å². The quantitative estimate of drug-likeness (QED) is 0.839. The molecule has 1 atom stereocenters. The highest BCUT2D eigenvalue weighted by Crippen LogP contribution is 2.30. The third-order valence-corrected chi connectivity index (χ3v) is 4.17. The van der Waals surface area contributed by atoms with Crippen molar-refractivity contribution in [3.8, 4) is 11.5 Å². The predicted molar refractivity (Wildman–Crippen MR) is 91.1 cm³/mol. The van der Waals surface area contributed by atoms with Gasteiger partial charge in [0.1, 0.15) is 0 Å². The van der Waals surface area contributed by atoms with E-state index >= 15 is 0 Å². The molecule has 0 aliphatic carbocycles. The largest absolute Gasteiger partial charge is 0.490 e. The number of hydrogen-bond acceptors (Lipinski definition) is 4. The molecule has 0 bridgehead atoms. The SMILES string of the molecule is CCOc1ccc(C(=O)N2CCCC(CCN)C2)cc1OCC. The third kappa shape index (κ3) is 4.61. The number of piperidine rings is 1. The van der Waals surface area contributed by atoms with Crippen LogP contribution >= 0.6 is 0 Å². The fraction of sp³-hybridized carbons (Fsp3) is 0.611. The van der Waals surface area contributed by atoms with E-state index in [1.165, 1.54) is 0 Å². The van der Waals surface area contributed by atoms with Gasteiger partial charge in [-0.05, 0) is 63.8 Å². The Hall–Kier alpha value is -1.75. The highest BCUT2D eigenvalue weighted by atomic mass is 16.5. The minimum absolute atomic E-state index is 0.0655. The molecule has 1 unspecified atom stereocenters. The number of amides is 1. The van der Waals surface area contributed by atoms with E-state index in [2.05, 4.69) is 0 Å². The lowest BCUT2D eigenvalue weighted by Crippen LogP contribution is -2.40. The highest BCUT2D eigenvalue weighted by Gasteiger charge is 2.24. The Morgan fingerprint density at radius 1 is 1.26 bits per heavy atom. The van der Waals surface area contributed by atoms with E-state index in [0.717, 1.165) is 32.4 Å². The van der Waals surface area contributed by atoms with Gasteiger partial charge in [-0.2, -0.15) is 0 Å². The summed E-state index contributed by atoms with van der Waals surface area (Å²) in [6.45, 7) is 7.27. The molecule has 1 aliphatic rings. The van der Waals surface area contributed by atoms with Crippen molar-refractivity contribution in [2.24, 2.45) is 11.7 Å². The van der Waals surface area contributed by atoms with Crippen molar-refractivity contribution in [1.82, 2.24) is 4.90 Å². The Morgan fingerprint density at radius 3 is 2.70 bits per heavy atom. The minimum Gasteiger partial charge on any atom is -0.490 e. The lowest BCUT2D eigenvalue weighted by Gasteiger charge is -2.32. The summed E-state index contributed by atoms with van der Waals surface area (Å²) in [4.78, 5) is 14.7. The molecule has 1 saturated heterocycles. The zero-order valence-electron chi connectivity index (χ0n) is 14.2. The Balaban J connectivity index is 2.13. The molecular weight excluding hydrogens is 292 g/mol. The maximum Gasteiger partial charge on any atom is 0.254 e. The molecule has 0 radical (unpaired) electrons. The molecule has 1 fully saturated rings. The summed E-state index contributed by atoms with van der Waals surface area (Å²) in [5, 5.41) is 0. The molecule has 0 spiro atoms. The van der Waals surface area contributed by atoms with Gasteiger partial charge < -0.3 is 20.1 Å². The maximum absolute atomic E-state index is 12.8. The number of likely N-dealkylation sites (tertiary alicyclic amines) is 1. The molecule has 1 aromatic carbocycles. The van der Waals surface area contributed by atoms with Crippen LogP contribution in [0.2, 0.25) is 0 Å². The van der Waals surface area contributed by atoms with Gasteiger partial charge >= 0.3 is 0 Å². The standard InChI is InChI=1S/C18H28N2O3/c1-3-22-16-8-7-15(12-17(16)23-4-2)18(21)20-11-5-6-14(13-20)9-10-19/h7-8,12,14H,3-6,9-11,13,19H2,1-2H3. The lowest BCUT2D eigenvalue weighted by molar-refractivity contribution is 0.0669. The number of carbonyl (C=O) groups is 1. The van der Waals surface area contributed by atoms with Crippen LogP contribution in [0.1, 0.15) is 43.5 Å². The normalized spacial score (nSPS) is 17.9. The van der Waals surface area contributed by atoms with Gasteiger partial charge in [-0.3, -0.25) is 4.79 Å². The van der Waals surface area contributed by atoms with Gasteiger partial charge in [0.15, 0.2) is 11.5 Å². The lowest BCUT2D eigenvalue weighted by atomic mass is 9.94.